The number of nitrogens with one attached hydrogen (secondary N) is 1. The molecular formula is C17H14BrNO. The number of halogens is 1. The molecule has 1 N–H and O–H groups in total. The Bertz CT molecular complexity index is 817. The van der Waals surface area contributed by atoms with Crippen LogP contribution < -0.4 is 0 Å². The number of H-pyrrole nitrogens is 1. The van der Waals surface area contributed by atoms with E-state index in [1.165, 1.54) is 0 Å². The Labute approximate surface area is 126 Å². The summed E-state index contributed by atoms with van der Waals surface area (Å²) in [5.41, 5.74) is 4.60. The van der Waals surface area contributed by atoms with Gasteiger partial charge < -0.3 is 4.98 Å². The molecular weight excluding hydrogens is 314 g/mol. The Hall–Kier alpha value is -1.87. The van der Waals surface area contributed by atoms with E-state index < -0.39 is 0 Å². The van der Waals surface area contributed by atoms with Gasteiger partial charge in [0.25, 0.3) is 0 Å². The minimum atomic E-state index is 0.0619. The minimum Gasteiger partial charge on any atom is -0.360 e. The average molecular weight is 328 g/mol. The smallest absolute Gasteiger partial charge is 0.195 e. The van der Waals surface area contributed by atoms with Gasteiger partial charge in [-0.05, 0) is 49.7 Å². The van der Waals surface area contributed by atoms with Crippen LogP contribution in [-0.2, 0) is 0 Å². The number of aromatic nitrogens is 1. The highest BCUT2D eigenvalue weighted by Crippen LogP contribution is 2.24. The van der Waals surface area contributed by atoms with Crippen LogP contribution in [0.3, 0.4) is 0 Å². The fourth-order valence-corrected chi connectivity index (χ4v) is 2.92. The summed E-state index contributed by atoms with van der Waals surface area (Å²) >= 11 is 3.43. The van der Waals surface area contributed by atoms with Gasteiger partial charge in [0.2, 0.25) is 0 Å². The molecule has 0 aliphatic carbocycles. The first-order valence-electron chi connectivity index (χ1n) is 6.45. The Morgan fingerprint density at radius 3 is 2.60 bits per heavy atom. The summed E-state index contributed by atoms with van der Waals surface area (Å²) in [6.07, 6.45) is 1.80. The van der Waals surface area contributed by atoms with E-state index in [2.05, 4.69) is 20.9 Å². The first-order chi connectivity index (χ1) is 9.56. The summed E-state index contributed by atoms with van der Waals surface area (Å²) in [6, 6.07) is 11.8. The Kier molecular flexibility index (Phi) is 3.22. The van der Waals surface area contributed by atoms with E-state index >= 15 is 0 Å². The van der Waals surface area contributed by atoms with Crippen molar-refractivity contribution in [3.05, 3.63) is 69.3 Å². The van der Waals surface area contributed by atoms with E-state index in [4.69, 9.17) is 0 Å². The molecule has 100 valence electrons. The van der Waals surface area contributed by atoms with E-state index in [-0.39, 0.29) is 5.78 Å². The fourth-order valence-electron chi connectivity index (χ4n) is 2.45. The molecule has 2 aromatic carbocycles. The number of benzene rings is 2. The predicted molar refractivity (Wildman–Crippen MR) is 85.3 cm³/mol. The van der Waals surface area contributed by atoms with Crippen LogP contribution in [0.4, 0.5) is 0 Å². The summed E-state index contributed by atoms with van der Waals surface area (Å²) in [6.45, 7) is 3.99. The second kappa shape index (κ2) is 4.91. The van der Waals surface area contributed by atoms with Crippen molar-refractivity contribution >= 4 is 32.6 Å². The minimum absolute atomic E-state index is 0.0619. The van der Waals surface area contributed by atoms with Crippen LogP contribution in [0.2, 0.25) is 0 Å². The van der Waals surface area contributed by atoms with Gasteiger partial charge in [-0.1, -0.05) is 27.6 Å². The van der Waals surface area contributed by atoms with Gasteiger partial charge in [-0.15, -0.1) is 0 Å². The van der Waals surface area contributed by atoms with Crippen LogP contribution in [0.15, 0.2) is 47.1 Å². The van der Waals surface area contributed by atoms with Crippen molar-refractivity contribution in [2.75, 3.05) is 0 Å². The third-order valence-corrected chi connectivity index (χ3v) is 4.01. The summed E-state index contributed by atoms with van der Waals surface area (Å²) < 4.78 is 0.987. The molecule has 0 unspecified atom stereocenters. The van der Waals surface area contributed by atoms with Crippen LogP contribution in [0.5, 0.6) is 0 Å². The van der Waals surface area contributed by atoms with Crippen molar-refractivity contribution in [2.24, 2.45) is 0 Å². The largest absolute Gasteiger partial charge is 0.360 e. The maximum Gasteiger partial charge on any atom is 0.195 e. The lowest BCUT2D eigenvalue weighted by atomic mass is 9.98. The van der Waals surface area contributed by atoms with E-state index in [9.17, 15) is 4.79 Å². The summed E-state index contributed by atoms with van der Waals surface area (Å²) in [7, 11) is 0. The molecule has 0 atom stereocenters. The molecule has 1 aromatic heterocycles. The monoisotopic (exact) mass is 327 g/mol. The van der Waals surface area contributed by atoms with Gasteiger partial charge in [-0.2, -0.15) is 0 Å². The zero-order valence-electron chi connectivity index (χ0n) is 11.3. The lowest BCUT2D eigenvalue weighted by molar-refractivity contribution is 0.104. The number of rotatable bonds is 2. The molecule has 0 aliphatic rings. The molecule has 3 heteroatoms. The number of ketones is 1. The van der Waals surface area contributed by atoms with Crippen molar-refractivity contribution in [3.63, 3.8) is 0 Å². The van der Waals surface area contributed by atoms with E-state index in [0.717, 1.165) is 37.6 Å². The van der Waals surface area contributed by atoms with Crippen molar-refractivity contribution in [2.45, 2.75) is 13.8 Å². The second-order valence-electron chi connectivity index (χ2n) is 5.04. The molecule has 0 spiro atoms. The maximum absolute atomic E-state index is 12.7. The molecule has 0 radical (unpaired) electrons. The van der Waals surface area contributed by atoms with E-state index in [0.29, 0.717) is 0 Å². The van der Waals surface area contributed by atoms with Crippen molar-refractivity contribution < 1.29 is 4.79 Å². The van der Waals surface area contributed by atoms with Crippen molar-refractivity contribution in [1.82, 2.24) is 4.98 Å². The molecule has 0 amide bonds. The molecule has 0 aliphatic heterocycles. The molecule has 1 heterocycles. The molecule has 0 saturated heterocycles. The van der Waals surface area contributed by atoms with Crippen LogP contribution in [0.1, 0.15) is 27.0 Å². The van der Waals surface area contributed by atoms with Gasteiger partial charge in [-0.25, -0.2) is 0 Å². The van der Waals surface area contributed by atoms with Crippen LogP contribution in [0, 0.1) is 13.8 Å². The average Bonchev–Trinajstić information content (AvgIpc) is 2.81. The highest BCUT2D eigenvalue weighted by Gasteiger charge is 2.16. The Morgan fingerprint density at radius 2 is 1.85 bits per heavy atom. The quantitative estimate of drug-likeness (QED) is 0.675. The number of aryl methyl sites for hydroxylation is 2. The zero-order valence-corrected chi connectivity index (χ0v) is 12.9. The topological polar surface area (TPSA) is 32.9 Å². The number of aromatic amines is 1. The van der Waals surface area contributed by atoms with E-state index in [1.807, 2.05) is 50.2 Å². The molecule has 0 fully saturated rings. The van der Waals surface area contributed by atoms with E-state index in [1.54, 1.807) is 6.20 Å². The lowest BCUT2D eigenvalue weighted by Crippen LogP contribution is -2.02. The van der Waals surface area contributed by atoms with Gasteiger partial charge in [0.1, 0.15) is 0 Å². The SMILES string of the molecule is Cc1ccc2[nH]cc(C(=O)c3ccc(Br)cc3C)c2c1. The van der Waals surface area contributed by atoms with Crippen LogP contribution in [0.25, 0.3) is 10.9 Å². The number of carbonyl (C=O) groups excluding carboxylic acids is 1. The second-order valence-corrected chi connectivity index (χ2v) is 5.96. The molecule has 2 nitrogen and oxygen atoms in total. The summed E-state index contributed by atoms with van der Waals surface area (Å²) in [5, 5.41) is 0.984. The maximum atomic E-state index is 12.7. The molecule has 3 rings (SSSR count). The standard InChI is InChI=1S/C17H14BrNO/c1-10-3-6-16-14(7-10)15(9-19-16)17(20)13-5-4-12(18)8-11(13)2/h3-9,19H,1-2H3. The first kappa shape index (κ1) is 13.1. The fraction of sp³-hybridized carbons (Fsp3) is 0.118. The van der Waals surface area contributed by atoms with Crippen molar-refractivity contribution in [3.8, 4) is 0 Å². The summed E-state index contributed by atoms with van der Waals surface area (Å²) in [5.74, 6) is 0.0619. The highest BCUT2D eigenvalue weighted by molar-refractivity contribution is 9.10. The first-order valence-corrected chi connectivity index (χ1v) is 7.24. The van der Waals surface area contributed by atoms with Gasteiger partial charge in [0.15, 0.2) is 5.78 Å². The molecule has 20 heavy (non-hydrogen) atoms. The zero-order chi connectivity index (χ0) is 14.3. The lowest BCUT2D eigenvalue weighted by Gasteiger charge is -2.05. The number of fused-ring (bicyclic) bond motifs is 1. The number of carbonyl (C=O) groups is 1. The Morgan fingerprint density at radius 1 is 1.05 bits per heavy atom. The number of hydrogen-bond acceptors (Lipinski definition) is 1. The van der Waals surface area contributed by atoms with Crippen LogP contribution >= 0.6 is 15.9 Å². The third kappa shape index (κ3) is 2.18. The molecule has 0 bridgehead atoms. The van der Waals surface area contributed by atoms with Gasteiger partial charge in [-0.3, -0.25) is 4.79 Å². The predicted octanol–water partition coefficient (Wildman–Crippen LogP) is 4.78. The molecule has 0 saturated carbocycles. The normalized spacial score (nSPS) is 10.9. The van der Waals surface area contributed by atoms with Crippen LogP contribution in [-0.4, -0.2) is 10.8 Å². The van der Waals surface area contributed by atoms with Gasteiger partial charge >= 0.3 is 0 Å². The van der Waals surface area contributed by atoms with Gasteiger partial charge in [0.05, 0.1) is 0 Å². The van der Waals surface area contributed by atoms with Crippen molar-refractivity contribution in [1.29, 1.82) is 0 Å². The summed E-state index contributed by atoms with van der Waals surface area (Å²) in [4.78, 5) is 15.9. The Balaban J connectivity index is 2.15. The van der Waals surface area contributed by atoms with Gasteiger partial charge in [0, 0.05) is 32.7 Å². The third-order valence-electron chi connectivity index (χ3n) is 3.51. The molecule has 3 aromatic rings. The highest BCUT2D eigenvalue weighted by atomic mass is 79.9. The number of hydrogen-bond donors (Lipinski definition) is 1.